The number of hydrogen-bond acceptors (Lipinski definition) is 4. The second kappa shape index (κ2) is 7.38. The maximum atomic E-state index is 12.6. The molecule has 0 unspecified atom stereocenters. The van der Waals surface area contributed by atoms with Crippen LogP contribution in [0, 0.1) is 0 Å². The number of nitrogens with one attached hydrogen (secondary N) is 1. The molecule has 3 aromatic carbocycles. The van der Waals surface area contributed by atoms with Gasteiger partial charge >= 0.3 is 0 Å². The molecule has 140 valence electrons. The predicted octanol–water partition coefficient (Wildman–Crippen LogP) is 3.35. The van der Waals surface area contributed by atoms with Gasteiger partial charge in [0.05, 0.1) is 7.11 Å². The Labute approximate surface area is 158 Å². The number of carbonyl (C=O) groups excluding carboxylic acids is 1. The molecule has 0 atom stereocenters. The van der Waals surface area contributed by atoms with Gasteiger partial charge in [0, 0.05) is 25.3 Å². The summed E-state index contributed by atoms with van der Waals surface area (Å²) >= 11 is 0. The number of amides is 1. The fraction of sp³-hybridized carbons (Fsp3) is 0.150. The van der Waals surface area contributed by atoms with Crippen molar-refractivity contribution in [2.75, 3.05) is 26.5 Å². The average Bonchev–Trinajstić information content (AvgIpc) is 2.67. The number of sulfonamides is 1. The van der Waals surface area contributed by atoms with Crippen LogP contribution < -0.4 is 10.1 Å². The summed E-state index contributed by atoms with van der Waals surface area (Å²) in [5, 5.41) is 4.74. The zero-order chi connectivity index (χ0) is 19.6. The molecule has 0 spiro atoms. The van der Waals surface area contributed by atoms with Gasteiger partial charge in [0.15, 0.2) is 0 Å². The van der Waals surface area contributed by atoms with Crippen LogP contribution in [-0.4, -0.2) is 39.8 Å². The lowest BCUT2D eigenvalue weighted by molar-refractivity contribution is 0.102. The molecule has 1 N–H and O–H groups in total. The van der Waals surface area contributed by atoms with Gasteiger partial charge in [0.25, 0.3) is 5.91 Å². The molecule has 0 saturated heterocycles. The minimum Gasteiger partial charge on any atom is -0.495 e. The fourth-order valence-electron chi connectivity index (χ4n) is 2.69. The first-order chi connectivity index (χ1) is 12.8. The van der Waals surface area contributed by atoms with Crippen molar-refractivity contribution in [2.24, 2.45) is 0 Å². The molecule has 6 nitrogen and oxygen atoms in total. The minimum atomic E-state index is -3.71. The quantitative estimate of drug-likeness (QED) is 0.732. The Kier molecular flexibility index (Phi) is 5.16. The van der Waals surface area contributed by atoms with Crippen molar-refractivity contribution in [2.45, 2.75) is 4.90 Å². The molecule has 27 heavy (non-hydrogen) atoms. The predicted molar refractivity (Wildman–Crippen MR) is 106 cm³/mol. The normalized spacial score (nSPS) is 11.6. The van der Waals surface area contributed by atoms with Gasteiger partial charge in [-0.15, -0.1) is 0 Å². The molecular formula is C20H20N2O4S. The van der Waals surface area contributed by atoms with E-state index >= 15 is 0 Å². The van der Waals surface area contributed by atoms with Gasteiger partial charge in [-0.3, -0.25) is 4.79 Å². The van der Waals surface area contributed by atoms with Crippen molar-refractivity contribution in [3.63, 3.8) is 0 Å². The van der Waals surface area contributed by atoms with Crippen LogP contribution in [-0.2, 0) is 10.0 Å². The van der Waals surface area contributed by atoms with E-state index in [1.54, 1.807) is 18.2 Å². The molecule has 0 aliphatic carbocycles. The van der Waals surface area contributed by atoms with E-state index in [4.69, 9.17) is 4.74 Å². The summed E-state index contributed by atoms with van der Waals surface area (Å²) in [4.78, 5) is 12.6. The Morgan fingerprint density at radius 1 is 0.963 bits per heavy atom. The van der Waals surface area contributed by atoms with Crippen LogP contribution in [0.25, 0.3) is 10.8 Å². The molecule has 0 aliphatic heterocycles. The first kappa shape index (κ1) is 18.9. The minimum absolute atomic E-state index is 0.00804. The number of ether oxygens (including phenoxy) is 1. The van der Waals surface area contributed by atoms with Gasteiger partial charge in [-0.1, -0.05) is 30.3 Å². The topological polar surface area (TPSA) is 75.7 Å². The summed E-state index contributed by atoms with van der Waals surface area (Å²) in [6, 6.07) is 17.7. The smallest absolute Gasteiger partial charge is 0.255 e. The van der Waals surface area contributed by atoms with E-state index in [0.717, 1.165) is 15.1 Å². The van der Waals surface area contributed by atoms with Crippen LogP contribution in [0.4, 0.5) is 5.69 Å². The maximum absolute atomic E-state index is 12.6. The largest absolute Gasteiger partial charge is 0.495 e. The van der Waals surface area contributed by atoms with E-state index in [9.17, 15) is 13.2 Å². The molecule has 0 fully saturated rings. The second-order valence-electron chi connectivity index (χ2n) is 6.17. The number of nitrogens with zero attached hydrogens (tertiary/aromatic N) is 1. The van der Waals surface area contributed by atoms with Crippen molar-refractivity contribution in [3.8, 4) is 5.75 Å². The lowest BCUT2D eigenvalue weighted by atomic mass is 10.1. The molecule has 0 heterocycles. The fourth-order valence-corrected chi connectivity index (χ4v) is 3.76. The Hall–Kier alpha value is -2.90. The van der Waals surface area contributed by atoms with Gasteiger partial charge < -0.3 is 10.1 Å². The van der Waals surface area contributed by atoms with Crippen LogP contribution >= 0.6 is 0 Å². The second-order valence-corrected chi connectivity index (χ2v) is 8.29. The van der Waals surface area contributed by atoms with E-state index in [-0.39, 0.29) is 16.6 Å². The summed E-state index contributed by atoms with van der Waals surface area (Å²) < 4.78 is 31.3. The zero-order valence-electron chi connectivity index (χ0n) is 15.3. The number of fused-ring (bicyclic) bond motifs is 1. The lowest BCUT2D eigenvalue weighted by Crippen LogP contribution is -2.23. The van der Waals surface area contributed by atoms with Gasteiger partial charge in [0.2, 0.25) is 10.0 Å². The molecule has 0 radical (unpaired) electrons. The first-order valence-electron chi connectivity index (χ1n) is 8.23. The Morgan fingerprint density at radius 3 is 2.33 bits per heavy atom. The van der Waals surface area contributed by atoms with Crippen LogP contribution in [0.3, 0.4) is 0 Å². The number of hydrogen-bond donors (Lipinski definition) is 1. The van der Waals surface area contributed by atoms with Crippen LogP contribution in [0.5, 0.6) is 5.75 Å². The van der Waals surface area contributed by atoms with Crippen LogP contribution in [0.15, 0.2) is 65.6 Å². The lowest BCUT2D eigenvalue weighted by Gasteiger charge is -2.16. The SMILES string of the molecule is COc1ccc(NC(=O)c2ccc3ccccc3c2)cc1S(=O)(=O)N(C)C. The number of rotatable bonds is 5. The Bertz CT molecular complexity index is 1110. The van der Waals surface area contributed by atoms with E-state index in [1.165, 1.54) is 33.3 Å². The molecule has 0 aromatic heterocycles. The van der Waals surface area contributed by atoms with Crippen molar-refractivity contribution in [3.05, 3.63) is 66.2 Å². The molecule has 7 heteroatoms. The van der Waals surface area contributed by atoms with Crippen LogP contribution in [0.2, 0.25) is 0 Å². The third-order valence-electron chi connectivity index (χ3n) is 4.19. The molecule has 1 amide bonds. The maximum Gasteiger partial charge on any atom is 0.255 e. The van der Waals surface area contributed by atoms with E-state index in [1.807, 2.05) is 30.3 Å². The highest BCUT2D eigenvalue weighted by molar-refractivity contribution is 7.89. The van der Waals surface area contributed by atoms with Gasteiger partial charge in [-0.25, -0.2) is 12.7 Å². The Morgan fingerprint density at radius 2 is 1.67 bits per heavy atom. The summed E-state index contributed by atoms with van der Waals surface area (Å²) in [6.45, 7) is 0. The van der Waals surface area contributed by atoms with Gasteiger partial charge in [-0.05, 0) is 41.1 Å². The molecular weight excluding hydrogens is 364 g/mol. The van der Waals surface area contributed by atoms with E-state index < -0.39 is 10.0 Å². The van der Waals surface area contributed by atoms with E-state index in [0.29, 0.717) is 11.3 Å². The standard InChI is InChI=1S/C20H20N2O4S/c1-22(2)27(24,25)19-13-17(10-11-18(19)26-3)21-20(23)16-9-8-14-6-4-5-7-15(14)12-16/h4-13H,1-3H3,(H,21,23). The third-order valence-corrected chi connectivity index (χ3v) is 6.03. The third kappa shape index (κ3) is 3.79. The summed E-state index contributed by atoms with van der Waals surface area (Å²) in [5.41, 5.74) is 0.857. The number of carbonyl (C=O) groups is 1. The highest BCUT2D eigenvalue weighted by atomic mass is 32.2. The molecule has 3 rings (SSSR count). The van der Waals surface area contributed by atoms with Crippen molar-refractivity contribution < 1.29 is 17.9 Å². The van der Waals surface area contributed by atoms with Crippen molar-refractivity contribution >= 4 is 32.4 Å². The number of anilines is 1. The molecule has 0 bridgehead atoms. The summed E-state index contributed by atoms with van der Waals surface area (Å²) in [6.07, 6.45) is 0. The molecule has 0 saturated carbocycles. The molecule has 3 aromatic rings. The zero-order valence-corrected chi connectivity index (χ0v) is 16.1. The summed E-state index contributed by atoms with van der Waals surface area (Å²) in [7, 11) is 0.565. The van der Waals surface area contributed by atoms with Gasteiger partial charge in [-0.2, -0.15) is 0 Å². The monoisotopic (exact) mass is 384 g/mol. The van der Waals surface area contributed by atoms with Crippen molar-refractivity contribution in [1.29, 1.82) is 0 Å². The number of benzene rings is 3. The number of methoxy groups -OCH3 is 1. The summed E-state index contributed by atoms with van der Waals surface area (Å²) in [5.74, 6) is -0.105. The molecule has 0 aliphatic rings. The van der Waals surface area contributed by atoms with Gasteiger partial charge in [0.1, 0.15) is 10.6 Å². The highest BCUT2D eigenvalue weighted by Crippen LogP contribution is 2.29. The highest BCUT2D eigenvalue weighted by Gasteiger charge is 2.23. The first-order valence-corrected chi connectivity index (χ1v) is 9.67. The Balaban J connectivity index is 1.93. The average molecular weight is 384 g/mol. The van der Waals surface area contributed by atoms with E-state index in [2.05, 4.69) is 5.32 Å². The van der Waals surface area contributed by atoms with Crippen molar-refractivity contribution in [1.82, 2.24) is 4.31 Å². The van der Waals surface area contributed by atoms with Crippen LogP contribution in [0.1, 0.15) is 10.4 Å².